The van der Waals surface area contributed by atoms with Gasteiger partial charge in [-0.15, -0.1) is 12.6 Å². The second-order valence-corrected chi connectivity index (χ2v) is 8.93. The Hall–Kier alpha value is -1.48. The number of aromatic hydroxyl groups is 1. The zero-order valence-corrected chi connectivity index (χ0v) is 16.3. The average molecular weight is 347 g/mol. The predicted molar refractivity (Wildman–Crippen MR) is 102 cm³/mol. The van der Waals surface area contributed by atoms with Gasteiger partial charge in [-0.25, -0.2) is 4.39 Å². The van der Waals surface area contributed by atoms with Crippen molar-refractivity contribution in [3.8, 4) is 5.75 Å². The van der Waals surface area contributed by atoms with E-state index < -0.39 is 0 Å². The van der Waals surface area contributed by atoms with Crippen LogP contribution in [0.2, 0.25) is 0 Å². The molecule has 0 saturated heterocycles. The van der Waals surface area contributed by atoms with Gasteiger partial charge in [0, 0.05) is 16.0 Å². The van der Waals surface area contributed by atoms with Crippen LogP contribution < -0.4 is 0 Å². The minimum absolute atomic E-state index is 0.171. The Bertz CT molecular complexity index is 734. The fraction of sp³-hybridized carbons (Fsp3) is 0.429. The molecule has 0 aromatic heterocycles. The Morgan fingerprint density at radius 1 is 0.958 bits per heavy atom. The zero-order valence-electron chi connectivity index (χ0n) is 15.4. The van der Waals surface area contributed by atoms with Crippen molar-refractivity contribution in [3.63, 3.8) is 0 Å². The number of halogens is 1. The van der Waals surface area contributed by atoms with Gasteiger partial charge in [-0.2, -0.15) is 0 Å². The number of rotatable bonds is 2. The summed E-state index contributed by atoms with van der Waals surface area (Å²) in [5.41, 5.74) is 3.43. The third-order valence-corrected chi connectivity index (χ3v) is 4.64. The number of phenolic OH excluding ortho intramolecular Hbond substituents is 1. The highest BCUT2D eigenvalue weighted by Crippen LogP contribution is 2.44. The minimum atomic E-state index is -0.244. The predicted octanol–water partition coefficient (Wildman–Crippen LogP) is 6.01. The molecule has 0 spiro atoms. The van der Waals surface area contributed by atoms with Gasteiger partial charge in [0.05, 0.1) is 0 Å². The third kappa shape index (κ3) is 3.94. The van der Waals surface area contributed by atoms with Crippen LogP contribution in [0, 0.1) is 5.82 Å². The molecule has 2 aromatic rings. The molecule has 1 N–H and O–H groups in total. The maximum atomic E-state index is 13.2. The zero-order chi connectivity index (χ0) is 18.3. The molecule has 2 rings (SSSR count). The molecule has 0 saturated carbocycles. The van der Waals surface area contributed by atoms with Crippen LogP contribution in [0.3, 0.4) is 0 Å². The van der Waals surface area contributed by atoms with E-state index in [1.807, 2.05) is 6.07 Å². The van der Waals surface area contributed by atoms with E-state index in [0.29, 0.717) is 12.2 Å². The Labute approximate surface area is 150 Å². The van der Waals surface area contributed by atoms with E-state index in [0.717, 1.165) is 27.1 Å². The first kappa shape index (κ1) is 18.9. The quantitative estimate of drug-likeness (QED) is 0.638. The van der Waals surface area contributed by atoms with Gasteiger partial charge < -0.3 is 5.11 Å². The summed E-state index contributed by atoms with van der Waals surface area (Å²) in [4.78, 5) is 0.868. The second-order valence-electron chi connectivity index (χ2n) is 8.45. The molecular weight excluding hydrogens is 319 g/mol. The summed E-state index contributed by atoms with van der Waals surface area (Å²) in [7, 11) is 0. The summed E-state index contributed by atoms with van der Waals surface area (Å²) in [5, 5.41) is 11.0. The number of hydrogen-bond acceptors (Lipinski definition) is 2. The normalized spacial score (nSPS) is 12.5. The molecule has 0 amide bonds. The molecule has 2 aromatic carbocycles. The molecule has 0 heterocycles. The van der Waals surface area contributed by atoms with Crippen LogP contribution in [0.15, 0.2) is 35.2 Å². The van der Waals surface area contributed by atoms with Crippen molar-refractivity contribution >= 4 is 12.6 Å². The van der Waals surface area contributed by atoms with Crippen LogP contribution in [0.5, 0.6) is 5.75 Å². The van der Waals surface area contributed by atoms with Crippen LogP contribution in [0.25, 0.3) is 0 Å². The molecule has 0 radical (unpaired) electrons. The van der Waals surface area contributed by atoms with E-state index in [1.54, 1.807) is 12.1 Å². The van der Waals surface area contributed by atoms with Crippen molar-refractivity contribution in [2.45, 2.75) is 63.7 Å². The third-order valence-electron chi connectivity index (χ3n) is 4.24. The first-order chi connectivity index (χ1) is 10.9. The highest BCUT2D eigenvalue weighted by Gasteiger charge is 2.29. The number of phenols is 1. The summed E-state index contributed by atoms with van der Waals surface area (Å²) in [5.74, 6) is 0.108. The molecule has 0 atom stereocenters. The molecule has 0 fully saturated rings. The number of hydrogen-bond donors (Lipinski definition) is 2. The lowest BCUT2D eigenvalue weighted by Crippen LogP contribution is -2.20. The van der Waals surface area contributed by atoms with E-state index in [1.165, 1.54) is 12.1 Å². The lowest BCUT2D eigenvalue weighted by molar-refractivity contribution is 0.420. The maximum Gasteiger partial charge on any atom is 0.123 e. The molecule has 0 aliphatic rings. The van der Waals surface area contributed by atoms with Crippen molar-refractivity contribution < 1.29 is 9.50 Å². The number of thiol groups is 1. The SMILES string of the molecule is CC(C)(C)c1cc(S)c(Cc2ccc(F)cc2)c(C(C)(C)C)c1O. The van der Waals surface area contributed by atoms with Crippen LogP contribution in [-0.2, 0) is 17.3 Å². The topological polar surface area (TPSA) is 20.2 Å². The Morgan fingerprint density at radius 3 is 1.96 bits per heavy atom. The van der Waals surface area contributed by atoms with Crippen molar-refractivity contribution in [1.82, 2.24) is 0 Å². The van der Waals surface area contributed by atoms with Crippen molar-refractivity contribution in [1.29, 1.82) is 0 Å². The monoisotopic (exact) mass is 346 g/mol. The van der Waals surface area contributed by atoms with E-state index >= 15 is 0 Å². The fourth-order valence-corrected chi connectivity index (χ4v) is 3.38. The Morgan fingerprint density at radius 2 is 1.50 bits per heavy atom. The fourth-order valence-electron chi connectivity index (χ4n) is 3.06. The van der Waals surface area contributed by atoms with Gasteiger partial charge in [-0.05, 0) is 46.6 Å². The summed E-state index contributed by atoms with van der Waals surface area (Å²) in [6, 6.07) is 8.46. The largest absolute Gasteiger partial charge is 0.507 e. The van der Waals surface area contributed by atoms with Crippen LogP contribution in [-0.4, -0.2) is 5.11 Å². The lowest BCUT2D eigenvalue weighted by Gasteiger charge is -2.30. The van der Waals surface area contributed by atoms with Gasteiger partial charge in [0.15, 0.2) is 0 Å². The summed E-state index contributed by atoms with van der Waals surface area (Å²) >= 11 is 4.71. The van der Waals surface area contributed by atoms with E-state index in [9.17, 15) is 9.50 Å². The first-order valence-corrected chi connectivity index (χ1v) is 8.69. The van der Waals surface area contributed by atoms with E-state index in [4.69, 9.17) is 12.6 Å². The lowest BCUT2D eigenvalue weighted by atomic mass is 9.76. The van der Waals surface area contributed by atoms with Crippen LogP contribution in [0.4, 0.5) is 4.39 Å². The van der Waals surface area contributed by atoms with Gasteiger partial charge in [-0.1, -0.05) is 53.7 Å². The molecule has 24 heavy (non-hydrogen) atoms. The van der Waals surface area contributed by atoms with Crippen molar-refractivity contribution in [3.05, 3.63) is 58.4 Å². The van der Waals surface area contributed by atoms with Crippen molar-refractivity contribution in [2.75, 3.05) is 0 Å². The molecule has 1 nitrogen and oxygen atoms in total. The average Bonchev–Trinajstić information content (AvgIpc) is 2.42. The molecule has 0 unspecified atom stereocenters. The van der Waals surface area contributed by atoms with Gasteiger partial charge in [0.25, 0.3) is 0 Å². The minimum Gasteiger partial charge on any atom is -0.507 e. The van der Waals surface area contributed by atoms with Gasteiger partial charge >= 0.3 is 0 Å². The summed E-state index contributed by atoms with van der Waals surface area (Å²) in [6.07, 6.45) is 0.615. The van der Waals surface area contributed by atoms with Crippen LogP contribution >= 0.6 is 12.6 Å². The van der Waals surface area contributed by atoms with Gasteiger partial charge in [-0.3, -0.25) is 0 Å². The molecule has 130 valence electrons. The molecule has 0 bridgehead atoms. The maximum absolute atomic E-state index is 13.2. The first-order valence-electron chi connectivity index (χ1n) is 8.24. The van der Waals surface area contributed by atoms with E-state index in [-0.39, 0.29) is 16.6 Å². The Balaban J connectivity index is 2.66. The van der Waals surface area contributed by atoms with Gasteiger partial charge in [0.1, 0.15) is 11.6 Å². The highest BCUT2D eigenvalue weighted by atomic mass is 32.1. The molecule has 0 aliphatic heterocycles. The smallest absolute Gasteiger partial charge is 0.123 e. The highest BCUT2D eigenvalue weighted by molar-refractivity contribution is 7.80. The van der Waals surface area contributed by atoms with Crippen LogP contribution in [0.1, 0.15) is 63.8 Å². The van der Waals surface area contributed by atoms with Crippen molar-refractivity contribution in [2.24, 2.45) is 0 Å². The van der Waals surface area contributed by atoms with E-state index in [2.05, 4.69) is 41.5 Å². The summed E-state index contributed by atoms with van der Waals surface area (Å²) in [6.45, 7) is 12.5. The molecule has 3 heteroatoms. The van der Waals surface area contributed by atoms with Gasteiger partial charge in [0.2, 0.25) is 0 Å². The summed E-state index contributed by atoms with van der Waals surface area (Å²) < 4.78 is 13.2. The molecular formula is C21H27FOS. The number of benzene rings is 2. The molecule has 0 aliphatic carbocycles. The second kappa shape index (κ2) is 6.44. The Kier molecular flexibility index (Phi) is 5.06. The standard InChI is InChI=1S/C21H27FOS/c1-20(2,3)16-12-17(24)15(18(19(16)23)21(4,5)6)11-13-7-9-14(22)10-8-13/h7-10,12,23-24H,11H2,1-6H3.